The van der Waals surface area contributed by atoms with Crippen LogP contribution in [0, 0.1) is 6.92 Å². The van der Waals surface area contributed by atoms with Crippen molar-refractivity contribution in [2.75, 3.05) is 11.9 Å². The summed E-state index contributed by atoms with van der Waals surface area (Å²) in [6, 6.07) is 5.36. The zero-order valence-electron chi connectivity index (χ0n) is 10.5. The number of hydrogen-bond acceptors (Lipinski definition) is 3. The van der Waals surface area contributed by atoms with Crippen LogP contribution in [0.4, 0.5) is 5.82 Å². The van der Waals surface area contributed by atoms with Gasteiger partial charge < -0.3 is 5.32 Å². The highest BCUT2D eigenvalue weighted by molar-refractivity contribution is 9.10. The van der Waals surface area contributed by atoms with Crippen molar-refractivity contribution in [3.8, 4) is 11.4 Å². The standard InChI is InChI=1S/C13H12BrCl2N3/c1-3-17-13-11(14)7(2)18-12(19-13)8-4-5-9(15)10(16)6-8/h4-6H,3H2,1-2H3,(H,17,18,19). The number of nitrogens with zero attached hydrogens (tertiary/aromatic N) is 2. The van der Waals surface area contributed by atoms with E-state index in [0.717, 1.165) is 28.1 Å². The third-order valence-electron chi connectivity index (χ3n) is 2.54. The minimum absolute atomic E-state index is 0.494. The summed E-state index contributed by atoms with van der Waals surface area (Å²) < 4.78 is 0.873. The minimum atomic E-state index is 0.494. The summed E-state index contributed by atoms with van der Waals surface area (Å²) >= 11 is 15.4. The summed E-state index contributed by atoms with van der Waals surface area (Å²) in [6.07, 6.45) is 0. The lowest BCUT2D eigenvalue weighted by atomic mass is 10.2. The van der Waals surface area contributed by atoms with Crippen molar-refractivity contribution in [3.63, 3.8) is 0 Å². The van der Waals surface area contributed by atoms with E-state index in [9.17, 15) is 0 Å². The van der Waals surface area contributed by atoms with Gasteiger partial charge in [-0.2, -0.15) is 0 Å². The van der Waals surface area contributed by atoms with Gasteiger partial charge in [0.1, 0.15) is 5.82 Å². The molecule has 0 aliphatic rings. The predicted octanol–water partition coefficient (Wildman–Crippen LogP) is 4.95. The fourth-order valence-electron chi connectivity index (χ4n) is 1.61. The molecule has 2 rings (SSSR count). The van der Waals surface area contributed by atoms with Crippen LogP contribution < -0.4 is 5.32 Å². The van der Waals surface area contributed by atoms with E-state index in [2.05, 4.69) is 31.2 Å². The third-order valence-corrected chi connectivity index (χ3v) is 4.23. The highest BCUT2D eigenvalue weighted by Gasteiger charge is 2.11. The van der Waals surface area contributed by atoms with E-state index in [1.165, 1.54) is 0 Å². The second kappa shape index (κ2) is 6.07. The Morgan fingerprint density at radius 2 is 1.95 bits per heavy atom. The fraction of sp³-hybridized carbons (Fsp3) is 0.231. The van der Waals surface area contributed by atoms with Crippen LogP contribution in [0.2, 0.25) is 10.0 Å². The molecule has 0 unspecified atom stereocenters. The first kappa shape index (κ1) is 14.6. The molecule has 19 heavy (non-hydrogen) atoms. The van der Waals surface area contributed by atoms with Gasteiger partial charge in [0.05, 0.1) is 20.2 Å². The highest BCUT2D eigenvalue weighted by atomic mass is 79.9. The monoisotopic (exact) mass is 359 g/mol. The molecule has 1 aromatic carbocycles. The number of rotatable bonds is 3. The SMILES string of the molecule is CCNc1nc(-c2ccc(Cl)c(Cl)c2)nc(C)c1Br. The van der Waals surface area contributed by atoms with Gasteiger partial charge >= 0.3 is 0 Å². The largest absolute Gasteiger partial charge is 0.369 e. The minimum Gasteiger partial charge on any atom is -0.369 e. The molecule has 100 valence electrons. The Bertz CT molecular complexity index is 617. The predicted molar refractivity (Wildman–Crippen MR) is 84.1 cm³/mol. The number of nitrogens with one attached hydrogen (secondary N) is 1. The third kappa shape index (κ3) is 3.19. The van der Waals surface area contributed by atoms with E-state index < -0.39 is 0 Å². The molecule has 0 amide bonds. The molecule has 0 bridgehead atoms. The first-order valence-corrected chi connectivity index (χ1v) is 7.31. The van der Waals surface area contributed by atoms with Crippen LogP contribution in [0.25, 0.3) is 11.4 Å². The molecular weight excluding hydrogens is 349 g/mol. The molecular formula is C13H12BrCl2N3. The van der Waals surface area contributed by atoms with Gasteiger partial charge in [-0.15, -0.1) is 0 Å². The Morgan fingerprint density at radius 3 is 2.58 bits per heavy atom. The smallest absolute Gasteiger partial charge is 0.161 e. The van der Waals surface area contributed by atoms with E-state index in [-0.39, 0.29) is 0 Å². The lowest BCUT2D eigenvalue weighted by Gasteiger charge is -2.10. The molecule has 0 aliphatic heterocycles. The Labute approximate surface area is 130 Å². The number of halogens is 3. The summed E-state index contributed by atoms with van der Waals surface area (Å²) in [6.45, 7) is 4.73. The number of aryl methyl sites for hydroxylation is 1. The number of anilines is 1. The molecule has 0 fully saturated rings. The van der Waals surface area contributed by atoms with Crippen LogP contribution in [-0.2, 0) is 0 Å². The van der Waals surface area contributed by atoms with Gasteiger partial charge in [0.2, 0.25) is 0 Å². The van der Waals surface area contributed by atoms with E-state index >= 15 is 0 Å². The molecule has 2 aromatic rings. The van der Waals surface area contributed by atoms with Crippen LogP contribution in [0.1, 0.15) is 12.6 Å². The van der Waals surface area contributed by atoms with Gasteiger partial charge in [-0.3, -0.25) is 0 Å². The molecule has 0 saturated heterocycles. The summed E-state index contributed by atoms with van der Waals surface area (Å²) in [5, 5.41) is 4.21. The van der Waals surface area contributed by atoms with Crippen LogP contribution in [0.5, 0.6) is 0 Å². The maximum absolute atomic E-state index is 6.02. The average Bonchev–Trinajstić information content (AvgIpc) is 2.38. The Kier molecular flexibility index (Phi) is 4.66. The fourth-order valence-corrected chi connectivity index (χ4v) is 2.22. The van der Waals surface area contributed by atoms with Crippen molar-refractivity contribution in [2.24, 2.45) is 0 Å². The second-order valence-electron chi connectivity index (χ2n) is 3.95. The molecule has 0 aliphatic carbocycles. The Hall–Kier alpha value is -0.840. The molecule has 0 radical (unpaired) electrons. The lowest BCUT2D eigenvalue weighted by molar-refractivity contribution is 1.06. The molecule has 1 N–H and O–H groups in total. The molecule has 1 heterocycles. The normalized spacial score (nSPS) is 10.6. The van der Waals surface area contributed by atoms with Crippen LogP contribution in [-0.4, -0.2) is 16.5 Å². The van der Waals surface area contributed by atoms with Crippen molar-refractivity contribution >= 4 is 44.9 Å². The van der Waals surface area contributed by atoms with Crippen LogP contribution >= 0.6 is 39.1 Å². The summed E-state index contributed by atoms with van der Waals surface area (Å²) in [4.78, 5) is 8.95. The zero-order chi connectivity index (χ0) is 14.0. The summed E-state index contributed by atoms with van der Waals surface area (Å²) in [5.74, 6) is 1.39. The maximum Gasteiger partial charge on any atom is 0.161 e. The van der Waals surface area contributed by atoms with Crippen molar-refractivity contribution in [1.82, 2.24) is 9.97 Å². The van der Waals surface area contributed by atoms with E-state index in [4.69, 9.17) is 23.2 Å². The molecule has 1 aromatic heterocycles. The zero-order valence-corrected chi connectivity index (χ0v) is 13.6. The van der Waals surface area contributed by atoms with Gasteiger partial charge in [-0.05, 0) is 48.0 Å². The van der Waals surface area contributed by atoms with Crippen molar-refractivity contribution in [1.29, 1.82) is 0 Å². The Balaban J connectivity index is 2.52. The van der Waals surface area contributed by atoms with Gasteiger partial charge in [0, 0.05) is 12.1 Å². The Morgan fingerprint density at radius 1 is 1.21 bits per heavy atom. The van der Waals surface area contributed by atoms with E-state index in [0.29, 0.717) is 15.9 Å². The second-order valence-corrected chi connectivity index (χ2v) is 5.56. The summed E-state index contributed by atoms with van der Waals surface area (Å²) in [5.41, 5.74) is 1.70. The van der Waals surface area contributed by atoms with Crippen molar-refractivity contribution in [2.45, 2.75) is 13.8 Å². The van der Waals surface area contributed by atoms with Gasteiger partial charge in [0.15, 0.2) is 5.82 Å². The first-order valence-electron chi connectivity index (χ1n) is 5.76. The first-order chi connectivity index (χ1) is 9.02. The number of hydrogen-bond donors (Lipinski definition) is 1. The molecule has 0 atom stereocenters. The van der Waals surface area contributed by atoms with E-state index in [1.807, 2.05) is 19.9 Å². The topological polar surface area (TPSA) is 37.8 Å². The average molecular weight is 361 g/mol. The lowest BCUT2D eigenvalue weighted by Crippen LogP contribution is -2.04. The van der Waals surface area contributed by atoms with Gasteiger partial charge in [-0.25, -0.2) is 9.97 Å². The van der Waals surface area contributed by atoms with Gasteiger partial charge in [-0.1, -0.05) is 23.2 Å². The van der Waals surface area contributed by atoms with Crippen molar-refractivity contribution < 1.29 is 0 Å². The molecule has 6 heteroatoms. The van der Waals surface area contributed by atoms with Crippen molar-refractivity contribution in [3.05, 3.63) is 38.4 Å². The molecule has 3 nitrogen and oxygen atoms in total. The quantitative estimate of drug-likeness (QED) is 0.841. The number of benzene rings is 1. The molecule has 0 spiro atoms. The summed E-state index contributed by atoms with van der Waals surface area (Å²) in [7, 11) is 0. The van der Waals surface area contributed by atoms with E-state index in [1.54, 1.807) is 12.1 Å². The van der Waals surface area contributed by atoms with Crippen LogP contribution in [0.15, 0.2) is 22.7 Å². The highest BCUT2D eigenvalue weighted by Crippen LogP contribution is 2.30. The van der Waals surface area contributed by atoms with Gasteiger partial charge in [0.25, 0.3) is 0 Å². The molecule has 0 saturated carbocycles. The maximum atomic E-state index is 6.02. The van der Waals surface area contributed by atoms with Crippen LogP contribution in [0.3, 0.4) is 0 Å². The number of aromatic nitrogens is 2.